The monoisotopic (exact) mass is 353 g/mol. The molecule has 0 saturated heterocycles. The Morgan fingerprint density at radius 2 is 1.86 bits per heavy atom. The van der Waals surface area contributed by atoms with Gasteiger partial charge in [-0.1, -0.05) is 34.8 Å². The molecule has 0 aromatic heterocycles. The van der Waals surface area contributed by atoms with Gasteiger partial charge in [0.1, 0.15) is 6.07 Å². The van der Waals surface area contributed by atoms with Crippen molar-refractivity contribution >= 4 is 52.1 Å². The molecule has 0 unspecified atom stereocenters. The van der Waals surface area contributed by atoms with E-state index in [1.165, 1.54) is 6.07 Å². The molecule has 0 aliphatic heterocycles. The molecule has 1 amide bonds. The van der Waals surface area contributed by atoms with E-state index in [9.17, 15) is 4.79 Å². The van der Waals surface area contributed by atoms with Gasteiger partial charge >= 0.3 is 0 Å². The molecule has 112 valence electrons. The molecule has 22 heavy (non-hydrogen) atoms. The summed E-state index contributed by atoms with van der Waals surface area (Å²) in [5.74, 6) is -0.271. The molecule has 0 bridgehead atoms. The Morgan fingerprint density at radius 3 is 2.50 bits per heavy atom. The third kappa shape index (κ3) is 4.28. The summed E-state index contributed by atoms with van der Waals surface area (Å²) in [7, 11) is 0. The molecule has 2 N–H and O–H groups in total. The number of nitrogens with zero attached hydrogens (tertiary/aromatic N) is 1. The Balaban J connectivity index is 1.96. The van der Waals surface area contributed by atoms with Crippen LogP contribution in [-0.2, 0) is 4.79 Å². The Hall–Kier alpha value is -1.93. The molecule has 7 heteroatoms. The van der Waals surface area contributed by atoms with Crippen molar-refractivity contribution in [3.8, 4) is 6.07 Å². The smallest absolute Gasteiger partial charge is 0.243 e. The quantitative estimate of drug-likeness (QED) is 0.845. The zero-order valence-electron chi connectivity index (χ0n) is 11.2. The van der Waals surface area contributed by atoms with Gasteiger partial charge in [-0.3, -0.25) is 4.79 Å². The molecule has 0 aliphatic rings. The van der Waals surface area contributed by atoms with E-state index in [4.69, 9.17) is 40.1 Å². The fraction of sp³-hybridized carbons (Fsp3) is 0.0667. The fourth-order valence-corrected chi connectivity index (χ4v) is 2.40. The fourth-order valence-electron chi connectivity index (χ4n) is 1.70. The summed E-state index contributed by atoms with van der Waals surface area (Å²) >= 11 is 17.7. The van der Waals surface area contributed by atoms with E-state index < -0.39 is 0 Å². The Morgan fingerprint density at radius 1 is 1.09 bits per heavy atom. The van der Waals surface area contributed by atoms with Crippen LogP contribution in [-0.4, -0.2) is 12.5 Å². The van der Waals surface area contributed by atoms with Gasteiger partial charge in [0.2, 0.25) is 5.91 Å². The van der Waals surface area contributed by atoms with Crippen molar-refractivity contribution in [3.05, 3.63) is 57.0 Å². The first-order valence-electron chi connectivity index (χ1n) is 6.18. The van der Waals surface area contributed by atoms with Crippen LogP contribution in [0.1, 0.15) is 5.56 Å². The second kappa shape index (κ2) is 7.37. The van der Waals surface area contributed by atoms with Crippen molar-refractivity contribution in [3.63, 3.8) is 0 Å². The zero-order chi connectivity index (χ0) is 16.1. The number of carbonyl (C=O) groups excluding carboxylic acids is 1. The van der Waals surface area contributed by atoms with Crippen molar-refractivity contribution in [1.29, 1.82) is 5.26 Å². The summed E-state index contributed by atoms with van der Waals surface area (Å²) in [5, 5.41) is 15.6. The van der Waals surface area contributed by atoms with E-state index in [1.807, 2.05) is 6.07 Å². The largest absolute Gasteiger partial charge is 0.375 e. The predicted octanol–water partition coefficient (Wildman–Crippen LogP) is 4.57. The third-order valence-corrected chi connectivity index (χ3v) is 3.60. The minimum atomic E-state index is -0.271. The third-order valence-electron chi connectivity index (χ3n) is 2.74. The van der Waals surface area contributed by atoms with Crippen LogP contribution in [0, 0.1) is 11.3 Å². The number of amides is 1. The highest BCUT2D eigenvalue weighted by atomic mass is 35.5. The van der Waals surface area contributed by atoms with Crippen LogP contribution in [0.25, 0.3) is 0 Å². The second-order valence-corrected chi connectivity index (χ2v) is 5.58. The minimum Gasteiger partial charge on any atom is -0.375 e. The highest BCUT2D eigenvalue weighted by Crippen LogP contribution is 2.25. The van der Waals surface area contributed by atoms with Gasteiger partial charge in [-0.05, 0) is 36.4 Å². The zero-order valence-corrected chi connectivity index (χ0v) is 13.4. The lowest BCUT2D eigenvalue weighted by atomic mass is 10.2. The number of benzene rings is 2. The summed E-state index contributed by atoms with van der Waals surface area (Å²) in [6, 6.07) is 11.6. The first kappa shape index (κ1) is 16.4. The normalized spacial score (nSPS) is 9.91. The van der Waals surface area contributed by atoms with Crippen LogP contribution in [0.5, 0.6) is 0 Å². The predicted molar refractivity (Wildman–Crippen MR) is 89.7 cm³/mol. The molecule has 0 aliphatic carbocycles. The van der Waals surface area contributed by atoms with E-state index in [-0.39, 0.29) is 17.5 Å². The van der Waals surface area contributed by atoms with Crippen molar-refractivity contribution in [1.82, 2.24) is 0 Å². The molecule has 2 aromatic rings. The molecule has 0 radical (unpaired) electrons. The first-order chi connectivity index (χ1) is 10.5. The van der Waals surface area contributed by atoms with Crippen molar-refractivity contribution in [2.24, 2.45) is 0 Å². The minimum absolute atomic E-state index is 0.0268. The highest BCUT2D eigenvalue weighted by molar-refractivity contribution is 6.36. The maximum Gasteiger partial charge on any atom is 0.243 e. The van der Waals surface area contributed by atoms with E-state index in [1.54, 1.807) is 30.3 Å². The maximum absolute atomic E-state index is 11.9. The van der Waals surface area contributed by atoms with Crippen molar-refractivity contribution in [2.45, 2.75) is 0 Å². The number of halogens is 3. The molecule has 0 spiro atoms. The average Bonchev–Trinajstić information content (AvgIpc) is 2.46. The molecule has 0 saturated carbocycles. The number of hydrogen-bond donors (Lipinski definition) is 2. The van der Waals surface area contributed by atoms with Crippen molar-refractivity contribution in [2.75, 3.05) is 17.2 Å². The molecule has 0 heterocycles. The van der Waals surface area contributed by atoms with Gasteiger partial charge in [0.25, 0.3) is 0 Å². The number of carbonyl (C=O) groups is 1. The summed E-state index contributed by atoms with van der Waals surface area (Å²) in [6.07, 6.45) is 0. The summed E-state index contributed by atoms with van der Waals surface area (Å²) in [4.78, 5) is 11.9. The SMILES string of the molecule is N#Cc1ccc(NC(=O)CNc2ccc(Cl)cc2Cl)cc1Cl. The summed E-state index contributed by atoms with van der Waals surface area (Å²) in [5.41, 5.74) is 1.47. The maximum atomic E-state index is 11.9. The Labute approximate surface area is 142 Å². The molecular weight excluding hydrogens is 345 g/mol. The average molecular weight is 355 g/mol. The van der Waals surface area contributed by atoms with Crippen molar-refractivity contribution < 1.29 is 4.79 Å². The number of rotatable bonds is 4. The number of hydrogen-bond acceptors (Lipinski definition) is 3. The summed E-state index contributed by atoms with van der Waals surface area (Å²) in [6.45, 7) is 0.0268. The number of nitrogens with one attached hydrogen (secondary N) is 2. The van der Waals surface area contributed by atoms with Crippen LogP contribution < -0.4 is 10.6 Å². The molecule has 0 fully saturated rings. The van der Waals surface area contributed by atoms with Crippen LogP contribution in [0.4, 0.5) is 11.4 Å². The molecule has 2 rings (SSSR count). The highest BCUT2D eigenvalue weighted by Gasteiger charge is 2.07. The van der Waals surface area contributed by atoms with Gasteiger partial charge in [-0.15, -0.1) is 0 Å². The van der Waals surface area contributed by atoms with Gasteiger partial charge in [0, 0.05) is 10.7 Å². The first-order valence-corrected chi connectivity index (χ1v) is 7.31. The van der Waals surface area contributed by atoms with Gasteiger partial charge in [0.05, 0.1) is 27.8 Å². The summed E-state index contributed by atoms with van der Waals surface area (Å²) < 4.78 is 0. The lowest BCUT2D eigenvalue weighted by Gasteiger charge is -2.10. The van der Waals surface area contributed by atoms with E-state index in [0.717, 1.165) is 0 Å². The Kier molecular flexibility index (Phi) is 5.51. The second-order valence-electron chi connectivity index (χ2n) is 4.33. The van der Waals surface area contributed by atoms with Crippen LogP contribution in [0.3, 0.4) is 0 Å². The lowest BCUT2D eigenvalue weighted by Crippen LogP contribution is -2.21. The molecular formula is C15H10Cl3N3O. The molecule has 0 atom stereocenters. The lowest BCUT2D eigenvalue weighted by molar-refractivity contribution is -0.114. The van der Waals surface area contributed by atoms with Crippen LogP contribution >= 0.6 is 34.8 Å². The standard InChI is InChI=1S/C15H10Cl3N3O/c16-10-2-4-14(13(18)5-10)20-8-15(22)21-11-3-1-9(7-19)12(17)6-11/h1-6,20H,8H2,(H,21,22). The van der Waals surface area contributed by atoms with E-state index >= 15 is 0 Å². The number of nitriles is 1. The molecule has 2 aromatic carbocycles. The van der Waals surface area contributed by atoms with E-state index in [0.29, 0.717) is 27.0 Å². The number of anilines is 2. The Bertz CT molecular complexity index is 756. The van der Waals surface area contributed by atoms with Gasteiger partial charge < -0.3 is 10.6 Å². The topological polar surface area (TPSA) is 64.9 Å². The van der Waals surface area contributed by atoms with Crippen LogP contribution in [0.2, 0.25) is 15.1 Å². The van der Waals surface area contributed by atoms with Gasteiger partial charge in [0.15, 0.2) is 0 Å². The van der Waals surface area contributed by atoms with Crippen LogP contribution in [0.15, 0.2) is 36.4 Å². The van der Waals surface area contributed by atoms with Gasteiger partial charge in [-0.2, -0.15) is 5.26 Å². The molecule has 4 nitrogen and oxygen atoms in total. The van der Waals surface area contributed by atoms with Gasteiger partial charge in [-0.25, -0.2) is 0 Å². The van der Waals surface area contributed by atoms with E-state index in [2.05, 4.69) is 10.6 Å².